The van der Waals surface area contributed by atoms with Gasteiger partial charge in [0.25, 0.3) is 0 Å². The van der Waals surface area contributed by atoms with Gasteiger partial charge in [0.2, 0.25) is 10.0 Å². The van der Waals surface area contributed by atoms with Crippen LogP contribution >= 0.6 is 0 Å². The zero-order valence-electron chi connectivity index (χ0n) is 11.7. The van der Waals surface area contributed by atoms with Gasteiger partial charge >= 0.3 is 0 Å². The quantitative estimate of drug-likeness (QED) is 0.819. The van der Waals surface area contributed by atoms with E-state index in [4.69, 9.17) is 9.47 Å². The first-order chi connectivity index (χ1) is 9.63. The van der Waals surface area contributed by atoms with Gasteiger partial charge in [-0.25, -0.2) is 13.1 Å². The van der Waals surface area contributed by atoms with E-state index < -0.39 is 10.0 Å². The summed E-state index contributed by atoms with van der Waals surface area (Å²) < 4.78 is 37.9. The fraction of sp³-hybridized carbons (Fsp3) is 0.571. The molecule has 1 aliphatic heterocycles. The van der Waals surface area contributed by atoms with Crippen molar-refractivity contribution in [3.05, 3.63) is 18.2 Å². The lowest BCUT2D eigenvalue weighted by atomic mass is 10.3. The first-order valence-corrected chi connectivity index (χ1v) is 8.51. The highest BCUT2D eigenvalue weighted by atomic mass is 32.2. The van der Waals surface area contributed by atoms with Crippen molar-refractivity contribution >= 4 is 10.0 Å². The van der Waals surface area contributed by atoms with Crippen LogP contribution in [0.1, 0.15) is 32.6 Å². The van der Waals surface area contributed by atoms with Crippen molar-refractivity contribution in [2.45, 2.75) is 37.5 Å². The Labute approximate surface area is 120 Å². The summed E-state index contributed by atoms with van der Waals surface area (Å²) in [6.07, 6.45) is 3.72. The highest BCUT2D eigenvalue weighted by Gasteiger charge is 2.18. The lowest BCUT2D eigenvalue weighted by Crippen LogP contribution is -2.24. The van der Waals surface area contributed by atoms with Crippen molar-refractivity contribution < 1.29 is 17.9 Å². The third kappa shape index (κ3) is 3.86. The second kappa shape index (κ2) is 6.95. The lowest BCUT2D eigenvalue weighted by Gasteiger charge is -2.10. The summed E-state index contributed by atoms with van der Waals surface area (Å²) in [6, 6.07) is 4.74. The summed E-state index contributed by atoms with van der Waals surface area (Å²) in [6.45, 7) is 3.68. The second-order valence-corrected chi connectivity index (χ2v) is 6.53. The van der Waals surface area contributed by atoms with Gasteiger partial charge in [-0.3, -0.25) is 0 Å². The summed E-state index contributed by atoms with van der Waals surface area (Å²) in [5.41, 5.74) is 0. The van der Waals surface area contributed by atoms with E-state index in [1.54, 1.807) is 12.1 Å². The molecule has 0 aromatic heterocycles. The molecule has 0 fully saturated rings. The Balaban J connectivity index is 2.09. The Morgan fingerprint density at radius 2 is 1.90 bits per heavy atom. The molecule has 0 spiro atoms. The number of hydrogen-bond acceptors (Lipinski definition) is 4. The van der Waals surface area contributed by atoms with Crippen molar-refractivity contribution in [1.29, 1.82) is 0 Å². The average Bonchev–Trinajstić information content (AvgIpc) is 2.68. The number of benzene rings is 1. The van der Waals surface area contributed by atoms with Crippen molar-refractivity contribution in [2.75, 3.05) is 19.8 Å². The number of rotatable bonds is 6. The van der Waals surface area contributed by atoms with Crippen molar-refractivity contribution in [1.82, 2.24) is 4.72 Å². The van der Waals surface area contributed by atoms with Crippen LogP contribution < -0.4 is 14.2 Å². The van der Waals surface area contributed by atoms with Gasteiger partial charge in [-0.2, -0.15) is 0 Å². The molecule has 1 aromatic rings. The van der Waals surface area contributed by atoms with Crippen LogP contribution in [0.15, 0.2) is 23.1 Å². The van der Waals surface area contributed by atoms with E-state index in [-0.39, 0.29) is 4.90 Å². The molecule has 1 aromatic carbocycles. The molecule has 0 amide bonds. The van der Waals surface area contributed by atoms with E-state index in [9.17, 15) is 8.42 Å². The fourth-order valence-corrected chi connectivity index (χ4v) is 3.06. The van der Waals surface area contributed by atoms with Crippen LogP contribution in [0, 0.1) is 0 Å². The van der Waals surface area contributed by atoms with Gasteiger partial charge in [0.05, 0.1) is 18.1 Å². The maximum absolute atomic E-state index is 12.2. The molecular formula is C14H21NO4S. The summed E-state index contributed by atoms with van der Waals surface area (Å²) in [7, 11) is -3.47. The molecule has 0 bridgehead atoms. The average molecular weight is 299 g/mol. The minimum atomic E-state index is -3.47. The predicted octanol–water partition coefficient (Wildman–Crippen LogP) is 2.32. The molecule has 1 heterocycles. The number of nitrogens with one attached hydrogen (secondary N) is 1. The Morgan fingerprint density at radius 3 is 2.65 bits per heavy atom. The van der Waals surface area contributed by atoms with E-state index in [1.165, 1.54) is 6.07 Å². The largest absolute Gasteiger partial charge is 0.490 e. The zero-order chi connectivity index (χ0) is 14.4. The Bertz CT molecular complexity index is 542. The van der Waals surface area contributed by atoms with Gasteiger partial charge in [0.15, 0.2) is 11.5 Å². The smallest absolute Gasteiger partial charge is 0.240 e. The zero-order valence-corrected chi connectivity index (χ0v) is 12.5. The van der Waals surface area contributed by atoms with Crippen molar-refractivity contribution in [3.8, 4) is 11.5 Å². The van der Waals surface area contributed by atoms with Gasteiger partial charge in [-0.1, -0.05) is 19.8 Å². The molecular weight excluding hydrogens is 278 g/mol. The fourth-order valence-electron chi connectivity index (χ4n) is 1.98. The molecule has 0 aliphatic carbocycles. The maximum Gasteiger partial charge on any atom is 0.240 e. The number of sulfonamides is 1. The summed E-state index contributed by atoms with van der Waals surface area (Å²) in [5, 5.41) is 0. The minimum absolute atomic E-state index is 0.221. The molecule has 1 N–H and O–H groups in total. The van der Waals surface area contributed by atoms with Crippen LogP contribution in [0.2, 0.25) is 0 Å². The molecule has 0 saturated carbocycles. The highest BCUT2D eigenvalue weighted by Crippen LogP contribution is 2.31. The van der Waals surface area contributed by atoms with Crippen molar-refractivity contribution in [2.24, 2.45) is 0 Å². The van der Waals surface area contributed by atoms with Crippen LogP contribution in [0.4, 0.5) is 0 Å². The van der Waals surface area contributed by atoms with Crippen LogP contribution in [-0.2, 0) is 10.0 Å². The first kappa shape index (κ1) is 15.1. The second-order valence-electron chi connectivity index (χ2n) is 4.76. The number of hydrogen-bond donors (Lipinski definition) is 1. The molecule has 0 saturated heterocycles. The molecule has 0 radical (unpaired) electrons. The van der Waals surface area contributed by atoms with Crippen LogP contribution in [0.5, 0.6) is 11.5 Å². The molecule has 0 unspecified atom stereocenters. The number of unbranched alkanes of at least 4 members (excludes halogenated alkanes) is 2. The molecule has 1 aliphatic rings. The number of fused-ring (bicyclic) bond motifs is 1. The monoisotopic (exact) mass is 299 g/mol. The third-order valence-electron chi connectivity index (χ3n) is 3.10. The van der Waals surface area contributed by atoms with E-state index in [1.807, 2.05) is 0 Å². The lowest BCUT2D eigenvalue weighted by molar-refractivity contribution is 0.297. The van der Waals surface area contributed by atoms with Crippen LogP contribution in [0.3, 0.4) is 0 Å². The Hall–Kier alpha value is -1.27. The molecule has 112 valence electrons. The van der Waals surface area contributed by atoms with Gasteiger partial charge in [0.1, 0.15) is 0 Å². The predicted molar refractivity (Wildman–Crippen MR) is 76.8 cm³/mol. The van der Waals surface area contributed by atoms with Gasteiger partial charge in [-0.05, 0) is 18.6 Å². The third-order valence-corrected chi connectivity index (χ3v) is 4.56. The minimum Gasteiger partial charge on any atom is -0.490 e. The molecule has 6 heteroatoms. The van der Waals surface area contributed by atoms with Gasteiger partial charge in [-0.15, -0.1) is 0 Å². The summed E-state index contributed by atoms with van der Waals surface area (Å²) in [5.74, 6) is 1.10. The standard InChI is InChI=1S/C14H21NO4S/c1-2-3-4-8-15-20(16,17)12-6-7-13-14(11-12)19-10-5-9-18-13/h6-7,11,15H,2-5,8-10H2,1H3. The molecule has 0 atom stereocenters. The molecule has 5 nitrogen and oxygen atoms in total. The maximum atomic E-state index is 12.2. The first-order valence-electron chi connectivity index (χ1n) is 7.03. The van der Waals surface area contributed by atoms with E-state index in [0.717, 1.165) is 25.7 Å². The van der Waals surface area contributed by atoms with Crippen molar-refractivity contribution in [3.63, 3.8) is 0 Å². The van der Waals surface area contributed by atoms with Gasteiger partial charge in [0, 0.05) is 19.0 Å². The van der Waals surface area contributed by atoms with Gasteiger partial charge < -0.3 is 9.47 Å². The van der Waals surface area contributed by atoms with E-state index in [0.29, 0.717) is 31.3 Å². The van der Waals surface area contributed by atoms with Crippen LogP contribution in [0.25, 0.3) is 0 Å². The Kier molecular flexibility index (Phi) is 5.25. The highest BCUT2D eigenvalue weighted by molar-refractivity contribution is 7.89. The van der Waals surface area contributed by atoms with E-state index >= 15 is 0 Å². The SMILES string of the molecule is CCCCCNS(=O)(=O)c1ccc2c(c1)OCCCO2. The molecule has 2 rings (SSSR count). The topological polar surface area (TPSA) is 64.6 Å². The van der Waals surface area contributed by atoms with Crippen LogP contribution in [-0.4, -0.2) is 28.2 Å². The summed E-state index contributed by atoms with van der Waals surface area (Å²) >= 11 is 0. The molecule has 20 heavy (non-hydrogen) atoms. The summed E-state index contributed by atoms with van der Waals surface area (Å²) in [4.78, 5) is 0.221. The normalized spacial score (nSPS) is 14.8. The van der Waals surface area contributed by atoms with E-state index in [2.05, 4.69) is 11.6 Å². The Morgan fingerprint density at radius 1 is 1.15 bits per heavy atom. The number of ether oxygens (including phenoxy) is 2.